The summed E-state index contributed by atoms with van der Waals surface area (Å²) in [5.41, 5.74) is 9.35. The first-order valence-corrected chi connectivity index (χ1v) is 11.4. The van der Waals surface area contributed by atoms with Crippen LogP contribution in [0.3, 0.4) is 0 Å². The van der Waals surface area contributed by atoms with Crippen molar-refractivity contribution in [2.45, 2.75) is 39.7 Å². The van der Waals surface area contributed by atoms with E-state index < -0.39 is 0 Å². The molecule has 0 radical (unpaired) electrons. The number of nitrogens with two attached hydrogens (primary N) is 1. The molecule has 0 aliphatic carbocycles. The van der Waals surface area contributed by atoms with Crippen molar-refractivity contribution in [3.63, 3.8) is 0 Å². The van der Waals surface area contributed by atoms with Crippen molar-refractivity contribution in [2.75, 3.05) is 53.6 Å². The zero-order valence-corrected chi connectivity index (χ0v) is 19.2. The first-order valence-electron chi connectivity index (χ1n) is 11.4. The van der Waals surface area contributed by atoms with Crippen molar-refractivity contribution in [3.05, 3.63) is 23.5 Å². The molecule has 0 saturated carbocycles. The van der Waals surface area contributed by atoms with Gasteiger partial charge in [-0.1, -0.05) is 12.1 Å². The Labute approximate surface area is 191 Å². The van der Waals surface area contributed by atoms with Gasteiger partial charge in [-0.05, 0) is 38.8 Å². The highest BCUT2D eigenvalue weighted by Gasteiger charge is 2.32. The summed E-state index contributed by atoms with van der Waals surface area (Å²) in [5, 5.41) is 7.06. The average molecular weight is 452 g/mol. The third-order valence-electron chi connectivity index (χ3n) is 6.49. The molecule has 2 saturated heterocycles. The topological polar surface area (TPSA) is 130 Å². The number of hydrogen-bond donors (Lipinski definition) is 2. The van der Waals surface area contributed by atoms with E-state index in [1.165, 1.54) is 6.42 Å². The number of hydrogen-bond acceptors (Lipinski definition) is 9. The molecule has 3 aromatic heterocycles. The van der Waals surface area contributed by atoms with Crippen LogP contribution in [0.2, 0.25) is 0 Å². The molecule has 0 bridgehead atoms. The number of pyridine rings is 1. The summed E-state index contributed by atoms with van der Waals surface area (Å²) in [6.45, 7) is 9.62. The summed E-state index contributed by atoms with van der Waals surface area (Å²) in [6.07, 6.45) is 2.03. The highest BCUT2D eigenvalue weighted by molar-refractivity contribution is 5.91. The van der Waals surface area contributed by atoms with Crippen molar-refractivity contribution < 1.29 is 9.32 Å². The number of nitrogens with one attached hydrogen (secondary N) is 1. The molecule has 2 amide bonds. The lowest BCUT2D eigenvalue weighted by Gasteiger charge is -2.41. The summed E-state index contributed by atoms with van der Waals surface area (Å²) in [5.74, 6) is 1.78. The van der Waals surface area contributed by atoms with Crippen LogP contribution < -0.4 is 20.9 Å². The predicted octanol–water partition coefficient (Wildman–Crippen LogP) is 2.55. The van der Waals surface area contributed by atoms with E-state index >= 15 is 0 Å². The molecule has 174 valence electrons. The van der Waals surface area contributed by atoms with Crippen LogP contribution in [-0.2, 0) is 0 Å². The minimum atomic E-state index is -0.127. The summed E-state index contributed by atoms with van der Waals surface area (Å²) >= 11 is 0. The Morgan fingerprint density at radius 3 is 2.67 bits per heavy atom. The number of fused-ring (bicyclic) bond motifs is 1. The summed E-state index contributed by atoms with van der Waals surface area (Å²) in [7, 11) is 0. The highest BCUT2D eigenvalue weighted by Crippen LogP contribution is 2.30. The molecule has 5 rings (SSSR count). The zero-order chi connectivity index (χ0) is 23.1. The maximum atomic E-state index is 13.1. The minimum absolute atomic E-state index is 0.0559. The van der Waals surface area contributed by atoms with E-state index in [4.69, 9.17) is 10.3 Å². The predicted molar refractivity (Wildman–Crippen MR) is 127 cm³/mol. The van der Waals surface area contributed by atoms with Crippen LogP contribution in [-0.4, -0.2) is 69.8 Å². The third kappa shape index (κ3) is 3.87. The largest absolute Gasteiger partial charge is 0.368 e. The van der Waals surface area contributed by atoms with E-state index in [2.05, 4.69) is 42.1 Å². The Hall–Kier alpha value is -3.63. The fourth-order valence-corrected chi connectivity index (χ4v) is 4.40. The number of aryl methyl sites for hydroxylation is 2. The van der Waals surface area contributed by atoms with Crippen molar-refractivity contribution in [1.29, 1.82) is 0 Å². The van der Waals surface area contributed by atoms with Gasteiger partial charge < -0.3 is 30.3 Å². The number of carbonyl (C=O) groups excluding carboxylic acids is 1. The molecule has 11 nitrogen and oxygen atoms in total. The molecular formula is C22H29N9O2. The lowest BCUT2D eigenvalue weighted by atomic mass is 10.1. The van der Waals surface area contributed by atoms with Gasteiger partial charge in [-0.2, -0.15) is 4.98 Å². The number of nitrogens with zero attached hydrogens (tertiary/aromatic N) is 7. The fourth-order valence-electron chi connectivity index (χ4n) is 4.40. The zero-order valence-electron chi connectivity index (χ0n) is 19.2. The molecule has 5 heterocycles. The van der Waals surface area contributed by atoms with Gasteiger partial charge in [0, 0.05) is 38.8 Å². The van der Waals surface area contributed by atoms with Crippen LogP contribution in [0.4, 0.5) is 28.1 Å². The van der Waals surface area contributed by atoms with Gasteiger partial charge in [0.15, 0.2) is 5.82 Å². The van der Waals surface area contributed by atoms with E-state index in [1.807, 2.05) is 30.9 Å². The molecule has 33 heavy (non-hydrogen) atoms. The number of amides is 2. The number of aromatic nitrogens is 4. The van der Waals surface area contributed by atoms with Crippen LogP contribution in [0.15, 0.2) is 16.7 Å². The molecule has 2 aliphatic rings. The number of piperazine rings is 1. The van der Waals surface area contributed by atoms with Gasteiger partial charge in [-0.25, -0.2) is 14.8 Å². The van der Waals surface area contributed by atoms with Crippen LogP contribution in [0, 0.1) is 13.8 Å². The molecule has 3 N–H and O–H groups in total. The van der Waals surface area contributed by atoms with Crippen molar-refractivity contribution >= 4 is 40.4 Å². The quantitative estimate of drug-likeness (QED) is 0.614. The Morgan fingerprint density at radius 2 is 1.97 bits per heavy atom. The molecule has 0 spiro atoms. The Kier molecular flexibility index (Phi) is 5.39. The molecule has 11 heteroatoms. The molecule has 3 aromatic rings. The van der Waals surface area contributed by atoms with Crippen LogP contribution in [0.25, 0.3) is 11.1 Å². The Balaban J connectivity index is 1.31. The van der Waals surface area contributed by atoms with E-state index in [-0.39, 0.29) is 18.0 Å². The number of rotatable bonds is 4. The van der Waals surface area contributed by atoms with Crippen molar-refractivity contribution in [3.8, 4) is 0 Å². The second kappa shape index (κ2) is 8.38. The van der Waals surface area contributed by atoms with E-state index in [9.17, 15) is 4.79 Å². The van der Waals surface area contributed by atoms with Gasteiger partial charge in [0.25, 0.3) is 0 Å². The van der Waals surface area contributed by atoms with Crippen LogP contribution in [0.1, 0.15) is 31.2 Å². The van der Waals surface area contributed by atoms with Crippen LogP contribution >= 0.6 is 0 Å². The maximum absolute atomic E-state index is 13.1. The van der Waals surface area contributed by atoms with Gasteiger partial charge in [0.1, 0.15) is 17.0 Å². The van der Waals surface area contributed by atoms with Gasteiger partial charge >= 0.3 is 6.03 Å². The van der Waals surface area contributed by atoms with Gasteiger partial charge in [0.05, 0.1) is 11.4 Å². The van der Waals surface area contributed by atoms with Crippen molar-refractivity contribution in [2.24, 2.45) is 0 Å². The number of anilines is 4. The molecule has 2 aliphatic heterocycles. The van der Waals surface area contributed by atoms with E-state index in [0.29, 0.717) is 42.2 Å². The maximum Gasteiger partial charge on any atom is 0.322 e. The molecule has 2 fully saturated rings. The molecule has 0 aromatic carbocycles. The minimum Gasteiger partial charge on any atom is -0.368 e. The van der Waals surface area contributed by atoms with Gasteiger partial charge in [-0.15, -0.1) is 0 Å². The normalized spacial score (nSPS) is 18.5. The van der Waals surface area contributed by atoms with E-state index in [0.717, 1.165) is 36.7 Å². The number of urea groups is 1. The summed E-state index contributed by atoms with van der Waals surface area (Å²) in [6, 6.07) is 3.84. The Bertz CT molecular complexity index is 1190. The standard InChI is InChI=1S/C22H29N9O2/c1-4-15-12-30(22(32)25-16-6-7-17(24-13(16)2)29-8-5-9-29)10-11-31(15)20-19-18(14(3)28-33-19)26-21(23)27-20/h6-7,15H,4-5,8-12H2,1-3H3,(H,25,32)(H2,23,26,27)/t15-/m0/s1. The number of nitrogen functional groups attached to an aromatic ring is 1. The average Bonchev–Trinajstić information content (AvgIpc) is 3.14. The smallest absolute Gasteiger partial charge is 0.322 e. The van der Waals surface area contributed by atoms with Gasteiger partial charge in [-0.3, -0.25) is 0 Å². The first-order chi connectivity index (χ1) is 15.9. The van der Waals surface area contributed by atoms with Crippen molar-refractivity contribution in [1.82, 2.24) is 25.0 Å². The summed E-state index contributed by atoms with van der Waals surface area (Å²) < 4.78 is 5.51. The molecule has 0 unspecified atom stereocenters. The third-order valence-corrected chi connectivity index (χ3v) is 6.49. The van der Waals surface area contributed by atoms with E-state index in [1.54, 1.807) is 0 Å². The fraction of sp³-hybridized carbons (Fsp3) is 0.500. The Morgan fingerprint density at radius 1 is 1.15 bits per heavy atom. The van der Waals surface area contributed by atoms with Gasteiger partial charge in [0.2, 0.25) is 11.5 Å². The second-order valence-corrected chi connectivity index (χ2v) is 8.63. The monoisotopic (exact) mass is 451 g/mol. The first kappa shape index (κ1) is 21.2. The number of carbonyl (C=O) groups is 1. The van der Waals surface area contributed by atoms with Crippen LogP contribution in [0.5, 0.6) is 0 Å². The lowest BCUT2D eigenvalue weighted by Crippen LogP contribution is -2.56. The molecular weight excluding hydrogens is 422 g/mol. The summed E-state index contributed by atoms with van der Waals surface area (Å²) in [4.78, 5) is 32.6. The molecule has 1 atom stereocenters. The highest BCUT2D eigenvalue weighted by atomic mass is 16.5. The lowest BCUT2D eigenvalue weighted by molar-refractivity contribution is 0.197. The second-order valence-electron chi connectivity index (χ2n) is 8.63. The SMILES string of the molecule is CC[C@H]1CN(C(=O)Nc2ccc(N3CCC3)nc2C)CCN1c1nc(N)nc2c(C)noc12.